The third-order valence-corrected chi connectivity index (χ3v) is 17.5. The van der Waals surface area contributed by atoms with Crippen molar-refractivity contribution in [1.29, 1.82) is 0 Å². The van der Waals surface area contributed by atoms with Crippen LogP contribution in [-0.4, -0.2) is 57.5 Å². The Morgan fingerprint density at radius 2 is 0.798 bits per heavy atom. The van der Waals surface area contributed by atoms with Crippen molar-refractivity contribution in [2.24, 2.45) is 0 Å². The normalized spacial score (nSPS) is 13.2. The van der Waals surface area contributed by atoms with E-state index in [1.165, 1.54) is 88.6 Å². The van der Waals surface area contributed by atoms with E-state index in [2.05, 4.69) is 144 Å². The third-order valence-electron chi connectivity index (χ3n) is 17.5. The molecule has 4 aromatic carbocycles. The van der Waals surface area contributed by atoms with Crippen LogP contribution in [0.2, 0.25) is 0 Å². The molecule has 84 heavy (non-hydrogen) atoms. The minimum Gasteiger partial charge on any atom is -0.351 e. The van der Waals surface area contributed by atoms with Crippen LogP contribution in [0.1, 0.15) is 67.8 Å². The maximum atomic E-state index is 4.81. The average Bonchev–Trinajstić information content (AvgIpc) is 3.20. The fourth-order valence-electron chi connectivity index (χ4n) is 14.0. The molecule has 16 heterocycles. The standard InChI is InChI=1S/4C17H12N3.4Ir/c1-10-14-8-7-11-4-2-5-12-15-13(6-3-9-18-15)17(19-10)20(14)16(11)12;1-10-15-6-5-11-3-2-4-12-14-9-18-8-7-13(14)17(19-10)20(15)16(11)12;1-10-15-7-6-11-8-18-9-14-12-4-2-3-5-13(12)17(19-10)20(15)16(11)14;1-10-14-7-6-11-8-9-18-15-12-4-2-3-5-13(12)17(19-10)20(14)16(11)15;;;;/h2-5,9H,7-8H2,1H3;2-4,8-9H,5-6H2,1H3;2*2-4,8-9H,6-7H2,1H3;;;;/q4*-1;;;;. The molecule has 0 N–H and O–H groups in total. The maximum Gasteiger partial charge on any atom is 0.0629 e. The molecule has 16 aromatic rings. The molecule has 4 aliphatic rings. The van der Waals surface area contributed by atoms with Gasteiger partial charge in [0.2, 0.25) is 0 Å². The first-order valence-corrected chi connectivity index (χ1v) is 27.7. The van der Waals surface area contributed by atoms with Crippen LogP contribution >= 0.6 is 0 Å². The molecule has 0 bridgehead atoms. The molecule has 0 aliphatic carbocycles. The molecule has 0 atom stereocenters. The molecule has 4 radical (unpaired) electrons. The molecule has 0 amide bonds. The largest absolute Gasteiger partial charge is 0.351 e. The minimum atomic E-state index is 0. The summed E-state index contributed by atoms with van der Waals surface area (Å²) < 4.78 is 9.28. The number of aromatic nitrogens is 12. The van der Waals surface area contributed by atoms with Crippen LogP contribution in [0, 0.1) is 52.0 Å². The summed E-state index contributed by atoms with van der Waals surface area (Å²) in [5, 5.41) is 11.4. The first-order valence-electron chi connectivity index (χ1n) is 27.7. The van der Waals surface area contributed by atoms with Crippen molar-refractivity contribution in [3.8, 4) is 0 Å². The number of nitrogens with zero attached hydrogens (tertiary/aromatic N) is 12. The van der Waals surface area contributed by atoms with Crippen molar-refractivity contribution in [3.63, 3.8) is 0 Å². The van der Waals surface area contributed by atoms with Gasteiger partial charge in [-0.1, -0.05) is 69.5 Å². The summed E-state index contributed by atoms with van der Waals surface area (Å²) in [5.74, 6) is 0. The second kappa shape index (κ2) is 21.5. The number of fused-ring (bicyclic) bond motifs is 12. The zero-order valence-electron chi connectivity index (χ0n) is 45.9. The van der Waals surface area contributed by atoms with Crippen molar-refractivity contribution in [3.05, 3.63) is 214 Å². The average molecular weight is 1800 g/mol. The van der Waals surface area contributed by atoms with E-state index < -0.39 is 0 Å². The summed E-state index contributed by atoms with van der Waals surface area (Å²) in [6.45, 7) is 8.42. The first kappa shape index (κ1) is 56.1. The number of imidazole rings is 4. The van der Waals surface area contributed by atoms with E-state index >= 15 is 0 Å². The van der Waals surface area contributed by atoms with E-state index in [0.29, 0.717) is 0 Å². The summed E-state index contributed by atoms with van der Waals surface area (Å²) in [6.07, 6.45) is 19.9. The Bertz CT molecular complexity index is 4740. The molecule has 0 spiro atoms. The Hall–Kier alpha value is -7.08. The van der Waals surface area contributed by atoms with E-state index in [4.69, 9.17) is 19.9 Å². The van der Waals surface area contributed by atoms with Crippen LogP contribution in [0.25, 0.3) is 110 Å². The van der Waals surface area contributed by atoms with Gasteiger partial charge in [0.25, 0.3) is 0 Å². The van der Waals surface area contributed by atoms with E-state index in [0.717, 1.165) is 140 Å². The van der Waals surface area contributed by atoms with Crippen LogP contribution < -0.4 is 0 Å². The summed E-state index contributed by atoms with van der Waals surface area (Å²) in [5.41, 5.74) is 26.6. The summed E-state index contributed by atoms with van der Waals surface area (Å²) >= 11 is 0. The van der Waals surface area contributed by atoms with Crippen molar-refractivity contribution in [2.45, 2.75) is 79.1 Å². The fraction of sp³-hybridized carbons (Fsp3) is 0.176. The summed E-state index contributed by atoms with van der Waals surface area (Å²) in [7, 11) is 0. The minimum absolute atomic E-state index is 0. The van der Waals surface area contributed by atoms with Gasteiger partial charge in [0.05, 0.1) is 28.0 Å². The number of aryl methyl sites for hydroxylation is 12. The van der Waals surface area contributed by atoms with Crippen LogP contribution in [-0.2, 0) is 132 Å². The Kier molecular flexibility index (Phi) is 14.3. The Labute approximate surface area is 536 Å². The van der Waals surface area contributed by atoms with Gasteiger partial charge in [-0.25, -0.2) is 0 Å². The predicted octanol–water partition coefficient (Wildman–Crippen LogP) is 13.0. The van der Waals surface area contributed by atoms with Gasteiger partial charge in [-0.2, -0.15) is 6.07 Å². The van der Waals surface area contributed by atoms with Gasteiger partial charge in [-0.3, -0.25) is 34.9 Å². The van der Waals surface area contributed by atoms with E-state index in [1.807, 2.05) is 61.3 Å². The smallest absolute Gasteiger partial charge is 0.0629 e. The van der Waals surface area contributed by atoms with Crippen molar-refractivity contribution in [2.75, 3.05) is 0 Å². The maximum absolute atomic E-state index is 4.81. The van der Waals surface area contributed by atoms with Gasteiger partial charge < -0.3 is 22.6 Å². The van der Waals surface area contributed by atoms with Gasteiger partial charge in [0.1, 0.15) is 0 Å². The zero-order valence-corrected chi connectivity index (χ0v) is 55.5. The number of pyridine rings is 8. The van der Waals surface area contributed by atoms with Gasteiger partial charge in [0.15, 0.2) is 0 Å². The van der Waals surface area contributed by atoms with E-state index in [-0.39, 0.29) is 80.4 Å². The second-order valence-corrected chi connectivity index (χ2v) is 21.8. The van der Waals surface area contributed by atoms with Crippen LogP contribution in [0.4, 0.5) is 0 Å². The van der Waals surface area contributed by atoms with Gasteiger partial charge in [-0.15, -0.1) is 71.4 Å². The number of benzene rings is 4. The van der Waals surface area contributed by atoms with E-state index in [9.17, 15) is 0 Å². The monoisotopic (exact) mass is 1800 g/mol. The van der Waals surface area contributed by atoms with Crippen LogP contribution in [0.5, 0.6) is 0 Å². The first-order chi connectivity index (χ1) is 39.4. The quantitative estimate of drug-likeness (QED) is 0.109. The van der Waals surface area contributed by atoms with Gasteiger partial charge in [-0.05, 0) is 141 Å². The summed E-state index contributed by atoms with van der Waals surface area (Å²) in [4.78, 5) is 37.1. The SMILES string of the molecule is Cc1nc2c3[c-]cccc3c3cncc4c3n2c1CC4.Cc1nc2c3[c-]cccc3c3nccc4c3n2c1CC4.Cc1nc2c3[c-]ccnc3c3cccc4c3n2c1CC4.Cc1nc2c3[c-]cncc3c3cccc4c3n2c1CC4.[Ir].[Ir].[Ir].[Ir]. The molecule has 420 valence electrons. The second-order valence-electron chi connectivity index (χ2n) is 21.8. The van der Waals surface area contributed by atoms with Crippen molar-refractivity contribution in [1.82, 2.24) is 57.5 Å². The third kappa shape index (κ3) is 8.09. The van der Waals surface area contributed by atoms with Gasteiger partial charge in [0, 0.05) is 167 Å². The molecule has 16 heteroatoms. The topological polar surface area (TPSA) is 121 Å². The Morgan fingerprint density at radius 3 is 1.42 bits per heavy atom. The summed E-state index contributed by atoms with van der Waals surface area (Å²) in [6, 6.07) is 42.6. The zero-order chi connectivity index (χ0) is 53.1. The molecule has 0 unspecified atom stereocenters. The Morgan fingerprint density at radius 1 is 0.345 bits per heavy atom. The molecule has 12 aromatic heterocycles. The van der Waals surface area contributed by atoms with E-state index in [1.54, 1.807) is 6.20 Å². The number of rotatable bonds is 0. The molecule has 0 fully saturated rings. The molecular weight excluding hydrogens is 1750 g/mol. The Balaban J connectivity index is 0.000000103. The molecule has 12 nitrogen and oxygen atoms in total. The van der Waals surface area contributed by atoms with Crippen LogP contribution in [0.3, 0.4) is 0 Å². The van der Waals surface area contributed by atoms with Crippen molar-refractivity contribution >= 4 is 110 Å². The molecule has 20 rings (SSSR count). The fourth-order valence-corrected chi connectivity index (χ4v) is 14.0. The molecular formula is C68H48Ir4N12-4. The molecule has 0 saturated heterocycles. The molecule has 4 aliphatic heterocycles. The number of hydrogen-bond donors (Lipinski definition) is 0. The number of hydrogen-bond acceptors (Lipinski definition) is 8. The van der Waals surface area contributed by atoms with Crippen LogP contribution in [0.15, 0.2) is 122 Å². The van der Waals surface area contributed by atoms with Gasteiger partial charge >= 0.3 is 0 Å². The molecule has 0 saturated carbocycles. The van der Waals surface area contributed by atoms with Crippen molar-refractivity contribution < 1.29 is 80.4 Å². The predicted molar refractivity (Wildman–Crippen MR) is 316 cm³/mol. The number of para-hydroxylation sites is 2.